The highest BCUT2D eigenvalue weighted by Crippen LogP contribution is 2.19. The first kappa shape index (κ1) is 18.3. The van der Waals surface area contributed by atoms with Crippen LogP contribution in [0.2, 0.25) is 0 Å². The lowest BCUT2D eigenvalue weighted by Gasteiger charge is -2.09. The summed E-state index contributed by atoms with van der Waals surface area (Å²) in [6.45, 7) is 1.98. The fraction of sp³-hybridized carbons (Fsp3) is 0.263. The zero-order chi connectivity index (χ0) is 17.9. The molecular weight excluding hydrogens is 320 g/mol. The number of carbonyl (C=O) groups is 2. The van der Waals surface area contributed by atoms with E-state index in [0.29, 0.717) is 12.3 Å². The fourth-order valence-electron chi connectivity index (χ4n) is 1.97. The van der Waals surface area contributed by atoms with Crippen LogP contribution in [0.25, 0.3) is 0 Å². The van der Waals surface area contributed by atoms with Crippen LogP contribution in [0.15, 0.2) is 54.6 Å². The molecule has 0 fully saturated rings. The Kier molecular flexibility index (Phi) is 7.31. The van der Waals surface area contributed by atoms with Gasteiger partial charge in [-0.25, -0.2) is 4.79 Å². The van der Waals surface area contributed by atoms with Crippen LogP contribution in [0.1, 0.15) is 13.3 Å². The number of hydrogen-bond acceptors (Lipinski definition) is 5. The van der Waals surface area contributed by atoms with Gasteiger partial charge in [-0.15, -0.1) is 0 Å². The number of carbonyl (C=O) groups excluding carboxylic acids is 2. The molecule has 1 amide bonds. The Morgan fingerprint density at radius 2 is 1.60 bits per heavy atom. The second-order valence-corrected chi connectivity index (χ2v) is 5.31. The van der Waals surface area contributed by atoms with Gasteiger partial charge < -0.3 is 20.1 Å². The molecular formula is C19H22N2O4. The molecule has 0 atom stereocenters. The lowest BCUT2D eigenvalue weighted by Crippen LogP contribution is -2.30. The number of hydrogen-bond donors (Lipinski definition) is 2. The summed E-state index contributed by atoms with van der Waals surface area (Å²) in [5.74, 6) is -0.351. The molecule has 0 aliphatic heterocycles. The first-order valence-electron chi connectivity index (χ1n) is 8.14. The molecule has 0 bridgehead atoms. The maximum Gasteiger partial charge on any atom is 0.344 e. The van der Waals surface area contributed by atoms with E-state index in [-0.39, 0.29) is 19.1 Å². The summed E-state index contributed by atoms with van der Waals surface area (Å²) in [5.41, 5.74) is 1.90. The van der Waals surface area contributed by atoms with Crippen molar-refractivity contribution in [1.82, 2.24) is 5.32 Å². The standard InChI is InChI=1S/C19H22N2O4/c1-2-12-20-18(22)13-25-19(23)14-24-17-10-8-16(9-11-17)21-15-6-4-3-5-7-15/h3-11,21H,2,12-14H2,1H3,(H,20,22). The van der Waals surface area contributed by atoms with Gasteiger partial charge in [0.25, 0.3) is 5.91 Å². The number of benzene rings is 2. The maximum atomic E-state index is 11.6. The van der Waals surface area contributed by atoms with Crippen molar-refractivity contribution < 1.29 is 19.1 Å². The highest BCUT2D eigenvalue weighted by molar-refractivity contribution is 5.80. The number of rotatable bonds is 9. The number of nitrogens with one attached hydrogen (secondary N) is 2. The second-order valence-electron chi connectivity index (χ2n) is 5.31. The highest BCUT2D eigenvalue weighted by atomic mass is 16.6. The van der Waals surface area contributed by atoms with Gasteiger partial charge >= 0.3 is 5.97 Å². The summed E-state index contributed by atoms with van der Waals surface area (Å²) in [5, 5.41) is 5.88. The Morgan fingerprint density at radius 1 is 0.920 bits per heavy atom. The minimum absolute atomic E-state index is 0.244. The quantitative estimate of drug-likeness (QED) is 0.685. The van der Waals surface area contributed by atoms with Crippen molar-refractivity contribution in [3.05, 3.63) is 54.6 Å². The lowest BCUT2D eigenvalue weighted by molar-refractivity contribution is -0.150. The van der Waals surface area contributed by atoms with Gasteiger partial charge in [0.2, 0.25) is 0 Å². The molecule has 0 radical (unpaired) electrons. The first-order valence-corrected chi connectivity index (χ1v) is 8.14. The molecule has 2 aromatic rings. The largest absolute Gasteiger partial charge is 0.482 e. The minimum atomic E-state index is -0.585. The van der Waals surface area contributed by atoms with Gasteiger partial charge in [-0.1, -0.05) is 25.1 Å². The molecule has 2 aromatic carbocycles. The van der Waals surface area contributed by atoms with Crippen LogP contribution >= 0.6 is 0 Å². The third-order valence-electron chi connectivity index (χ3n) is 3.21. The van der Waals surface area contributed by atoms with Crippen molar-refractivity contribution in [2.45, 2.75) is 13.3 Å². The molecule has 25 heavy (non-hydrogen) atoms. The zero-order valence-corrected chi connectivity index (χ0v) is 14.2. The smallest absolute Gasteiger partial charge is 0.344 e. The van der Waals surface area contributed by atoms with Crippen molar-refractivity contribution >= 4 is 23.3 Å². The zero-order valence-electron chi connectivity index (χ0n) is 14.2. The number of para-hydroxylation sites is 1. The molecule has 2 rings (SSSR count). The van der Waals surface area contributed by atoms with Crippen LogP contribution in [0.5, 0.6) is 5.75 Å². The number of amides is 1. The SMILES string of the molecule is CCCNC(=O)COC(=O)COc1ccc(Nc2ccccc2)cc1. The van der Waals surface area contributed by atoms with E-state index in [1.165, 1.54) is 0 Å². The van der Waals surface area contributed by atoms with Crippen molar-refractivity contribution in [2.75, 3.05) is 25.1 Å². The van der Waals surface area contributed by atoms with E-state index < -0.39 is 5.97 Å². The number of esters is 1. The fourth-order valence-corrected chi connectivity index (χ4v) is 1.97. The maximum absolute atomic E-state index is 11.6. The molecule has 0 aromatic heterocycles. The van der Waals surface area contributed by atoms with E-state index in [2.05, 4.69) is 10.6 Å². The van der Waals surface area contributed by atoms with Crippen LogP contribution in [0, 0.1) is 0 Å². The van der Waals surface area contributed by atoms with E-state index >= 15 is 0 Å². The van der Waals surface area contributed by atoms with E-state index in [4.69, 9.17) is 9.47 Å². The van der Waals surface area contributed by atoms with Crippen LogP contribution in [-0.2, 0) is 14.3 Å². The van der Waals surface area contributed by atoms with Gasteiger partial charge in [0.05, 0.1) is 0 Å². The summed E-state index contributed by atoms with van der Waals surface area (Å²) in [6, 6.07) is 17.0. The predicted molar refractivity (Wildman–Crippen MR) is 95.9 cm³/mol. The molecule has 0 saturated heterocycles. The number of ether oxygens (including phenoxy) is 2. The predicted octanol–water partition coefficient (Wildman–Crippen LogP) is 2.88. The Hall–Kier alpha value is -3.02. The second kappa shape index (κ2) is 9.97. The van der Waals surface area contributed by atoms with Gasteiger partial charge in [-0.3, -0.25) is 4.79 Å². The van der Waals surface area contributed by atoms with Crippen molar-refractivity contribution in [3.8, 4) is 5.75 Å². The van der Waals surface area contributed by atoms with Crippen LogP contribution < -0.4 is 15.4 Å². The Balaban J connectivity index is 1.72. The summed E-state index contributed by atoms with van der Waals surface area (Å²) < 4.78 is 10.2. The molecule has 6 heteroatoms. The molecule has 0 aliphatic rings. The molecule has 2 N–H and O–H groups in total. The molecule has 6 nitrogen and oxygen atoms in total. The molecule has 0 saturated carbocycles. The third-order valence-corrected chi connectivity index (χ3v) is 3.21. The van der Waals surface area contributed by atoms with Gasteiger partial charge in [-0.2, -0.15) is 0 Å². The average Bonchev–Trinajstić information content (AvgIpc) is 2.65. The molecule has 0 spiro atoms. The molecule has 0 aliphatic carbocycles. The van der Waals surface area contributed by atoms with Crippen molar-refractivity contribution in [1.29, 1.82) is 0 Å². The Bertz CT molecular complexity index is 672. The van der Waals surface area contributed by atoms with E-state index in [1.54, 1.807) is 12.1 Å². The van der Waals surface area contributed by atoms with E-state index in [1.807, 2.05) is 49.4 Å². The van der Waals surface area contributed by atoms with E-state index in [0.717, 1.165) is 17.8 Å². The molecule has 0 heterocycles. The van der Waals surface area contributed by atoms with Gasteiger partial charge in [0, 0.05) is 17.9 Å². The Labute approximate surface area is 147 Å². The third kappa shape index (κ3) is 6.95. The minimum Gasteiger partial charge on any atom is -0.482 e. The molecule has 132 valence electrons. The van der Waals surface area contributed by atoms with Crippen LogP contribution in [-0.4, -0.2) is 31.6 Å². The average molecular weight is 342 g/mol. The lowest BCUT2D eigenvalue weighted by atomic mass is 10.2. The van der Waals surface area contributed by atoms with Crippen molar-refractivity contribution in [3.63, 3.8) is 0 Å². The normalized spacial score (nSPS) is 9.96. The topological polar surface area (TPSA) is 76.7 Å². The first-order chi connectivity index (χ1) is 12.2. The molecule has 0 unspecified atom stereocenters. The van der Waals surface area contributed by atoms with Crippen molar-refractivity contribution in [2.24, 2.45) is 0 Å². The van der Waals surface area contributed by atoms with Gasteiger partial charge in [0.1, 0.15) is 5.75 Å². The van der Waals surface area contributed by atoms with Gasteiger partial charge in [-0.05, 0) is 42.8 Å². The Morgan fingerprint density at radius 3 is 2.28 bits per heavy atom. The van der Waals surface area contributed by atoms with Gasteiger partial charge in [0.15, 0.2) is 13.2 Å². The number of anilines is 2. The van der Waals surface area contributed by atoms with Crippen LogP contribution in [0.3, 0.4) is 0 Å². The summed E-state index contributed by atoms with van der Waals surface area (Å²) in [6.07, 6.45) is 0.831. The van der Waals surface area contributed by atoms with Crippen LogP contribution in [0.4, 0.5) is 11.4 Å². The van der Waals surface area contributed by atoms with E-state index in [9.17, 15) is 9.59 Å². The highest BCUT2D eigenvalue weighted by Gasteiger charge is 2.08. The summed E-state index contributed by atoms with van der Waals surface area (Å²) in [4.78, 5) is 22.9. The summed E-state index contributed by atoms with van der Waals surface area (Å²) in [7, 11) is 0. The monoisotopic (exact) mass is 342 g/mol. The summed E-state index contributed by atoms with van der Waals surface area (Å²) >= 11 is 0.